The summed E-state index contributed by atoms with van der Waals surface area (Å²) < 4.78 is 2.13. The summed E-state index contributed by atoms with van der Waals surface area (Å²) in [6, 6.07) is 1.76. The lowest BCUT2D eigenvalue weighted by Crippen LogP contribution is -2.52. The van der Waals surface area contributed by atoms with E-state index in [4.69, 9.17) is 0 Å². The van der Waals surface area contributed by atoms with Crippen LogP contribution in [0.2, 0.25) is 0 Å². The molecule has 26 heavy (non-hydrogen) atoms. The van der Waals surface area contributed by atoms with Gasteiger partial charge in [0.1, 0.15) is 0 Å². The first-order chi connectivity index (χ1) is 12.5. The van der Waals surface area contributed by atoms with Gasteiger partial charge in [0.2, 0.25) is 0 Å². The zero-order valence-electron chi connectivity index (χ0n) is 16.6. The zero-order chi connectivity index (χ0) is 18.3. The number of rotatable bonds is 4. The summed E-state index contributed by atoms with van der Waals surface area (Å²) in [5.74, 6) is 0.823. The Balaban J connectivity index is 1.41. The zero-order valence-corrected chi connectivity index (χ0v) is 16.6. The van der Waals surface area contributed by atoms with Crippen molar-refractivity contribution in [2.24, 2.45) is 5.92 Å². The molecule has 0 saturated heterocycles. The number of carbonyl (C=O) groups excluding carboxylic acids is 1. The molecular formula is C21H34N4O. The van der Waals surface area contributed by atoms with Crippen molar-refractivity contribution in [1.29, 1.82) is 0 Å². The lowest BCUT2D eigenvalue weighted by atomic mass is 9.86. The Kier molecular flexibility index (Phi) is 4.98. The molecule has 144 valence electrons. The largest absolute Gasteiger partial charge is 0.335 e. The van der Waals surface area contributed by atoms with Crippen molar-refractivity contribution in [3.05, 3.63) is 17.5 Å². The lowest BCUT2D eigenvalue weighted by Gasteiger charge is -2.37. The van der Waals surface area contributed by atoms with Crippen molar-refractivity contribution in [2.75, 3.05) is 0 Å². The number of aryl methyl sites for hydroxylation is 1. The van der Waals surface area contributed by atoms with Gasteiger partial charge in [-0.15, -0.1) is 0 Å². The van der Waals surface area contributed by atoms with E-state index in [1.54, 1.807) is 0 Å². The first-order valence-corrected chi connectivity index (χ1v) is 10.7. The highest BCUT2D eigenvalue weighted by Gasteiger charge is 2.39. The Morgan fingerprint density at radius 2 is 1.81 bits per heavy atom. The normalized spacial score (nSPS) is 28.7. The summed E-state index contributed by atoms with van der Waals surface area (Å²) in [5, 5.41) is 7.95. The van der Waals surface area contributed by atoms with Crippen molar-refractivity contribution in [3.63, 3.8) is 0 Å². The van der Waals surface area contributed by atoms with Gasteiger partial charge in [-0.25, -0.2) is 4.79 Å². The Morgan fingerprint density at radius 3 is 2.42 bits per heavy atom. The molecule has 0 spiro atoms. The van der Waals surface area contributed by atoms with Gasteiger partial charge < -0.3 is 10.2 Å². The maximum Gasteiger partial charge on any atom is 0.318 e. The van der Waals surface area contributed by atoms with Crippen molar-refractivity contribution < 1.29 is 4.79 Å². The molecule has 1 heterocycles. The third kappa shape index (κ3) is 3.63. The molecule has 0 aromatic carbocycles. The second-order valence-corrected chi connectivity index (χ2v) is 9.10. The van der Waals surface area contributed by atoms with E-state index in [0.29, 0.717) is 18.1 Å². The minimum atomic E-state index is 0.191. The fraction of sp³-hybridized carbons (Fsp3) is 0.810. The van der Waals surface area contributed by atoms with E-state index in [1.807, 2.05) is 6.20 Å². The number of nitrogens with one attached hydrogen (secondary N) is 1. The molecule has 3 aliphatic rings. The fourth-order valence-corrected chi connectivity index (χ4v) is 4.84. The minimum absolute atomic E-state index is 0.191. The number of amides is 2. The topological polar surface area (TPSA) is 50.2 Å². The summed E-state index contributed by atoms with van der Waals surface area (Å²) in [6.07, 6.45) is 12.3. The third-order valence-corrected chi connectivity index (χ3v) is 6.56. The monoisotopic (exact) mass is 358 g/mol. The van der Waals surface area contributed by atoms with E-state index in [0.717, 1.165) is 25.2 Å². The van der Waals surface area contributed by atoms with Crippen LogP contribution in [0.15, 0.2) is 6.20 Å². The van der Waals surface area contributed by atoms with Crippen LogP contribution in [0.5, 0.6) is 0 Å². The van der Waals surface area contributed by atoms with Crippen molar-refractivity contribution >= 4 is 6.03 Å². The van der Waals surface area contributed by atoms with Crippen molar-refractivity contribution in [1.82, 2.24) is 20.0 Å². The molecular weight excluding hydrogens is 324 g/mol. The number of urea groups is 1. The van der Waals surface area contributed by atoms with Gasteiger partial charge in [0, 0.05) is 36.3 Å². The smallest absolute Gasteiger partial charge is 0.318 e. The number of nitrogens with zero attached hydrogens (tertiary/aromatic N) is 3. The van der Waals surface area contributed by atoms with Crippen LogP contribution in [0, 0.1) is 5.92 Å². The second-order valence-electron chi connectivity index (χ2n) is 9.10. The lowest BCUT2D eigenvalue weighted by molar-refractivity contribution is 0.137. The van der Waals surface area contributed by atoms with Crippen LogP contribution in [-0.4, -0.2) is 38.8 Å². The van der Waals surface area contributed by atoms with Crippen LogP contribution in [0.1, 0.15) is 83.0 Å². The van der Waals surface area contributed by atoms with Gasteiger partial charge in [-0.2, -0.15) is 5.10 Å². The van der Waals surface area contributed by atoms with Crippen LogP contribution in [0.4, 0.5) is 4.79 Å². The Labute approximate surface area is 157 Å². The van der Waals surface area contributed by atoms with Crippen LogP contribution >= 0.6 is 0 Å². The highest BCUT2D eigenvalue weighted by Crippen LogP contribution is 2.35. The van der Waals surface area contributed by atoms with Crippen LogP contribution < -0.4 is 5.32 Å². The van der Waals surface area contributed by atoms with Gasteiger partial charge in [0.15, 0.2) is 0 Å². The Hall–Kier alpha value is -1.52. The predicted molar refractivity (Wildman–Crippen MR) is 103 cm³/mol. The molecule has 2 fully saturated rings. The molecule has 0 aliphatic heterocycles. The van der Waals surface area contributed by atoms with E-state index in [9.17, 15) is 4.79 Å². The Bertz CT molecular complexity index is 640. The quantitative estimate of drug-likeness (QED) is 0.882. The molecule has 1 unspecified atom stereocenters. The molecule has 0 bridgehead atoms. The highest BCUT2D eigenvalue weighted by atomic mass is 16.2. The van der Waals surface area contributed by atoms with Gasteiger partial charge in [0.05, 0.1) is 6.20 Å². The summed E-state index contributed by atoms with van der Waals surface area (Å²) in [5.41, 5.74) is 2.69. The van der Waals surface area contributed by atoms with Crippen molar-refractivity contribution in [3.8, 4) is 0 Å². The molecule has 5 nitrogen and oxygen atoms in total. The average molecular weight is 359 g/mol. The SMILES string of the molecule is CC1CCC(N(C(=O)NC2CCc3cnn(C(C)C)c3C2)C2CC2)CC1. The number of hydrogen-bond donors (Lipinski definition) is 1. The molecule has 1 atom stereocenters. The fourth-order valence-electron chi connectivity index (χ4n) is 4.84. The molecule has 1 aromatic heterocycles. The highest BCUT2D eigenvalue weighted by molar-refractivity contribution is 5.75. The van der Waals surface area contributed by atoms with Gasteiger partial charge in [-0.1, -0.05) is 6.92 Å². The van der Waals surface area contributed by atoms with Gasteiger partial charge in [-0.3, -0.25) is 4.68 Å². The minimum Gasteiger partial charge on any atom is -0.335 e. The number of fused-ring (bicyclic) bond motifs is 1. The standard InChI is InChI=1S/C21H34N4O/c1-14(2)25-20-12-17(7-6-16(20)13-22-25)23-21(26)24(19-10-11-19)18-8-4-15(3)5-9-18/h13-15,17-19H,4-12H2,1-3H3,(H,23,26). The van der Waals surface area contributed by atoms with Gasteiger partial charge in [0.25, 0.3) is 0 Å². The summed E-state index contributed by atoms with van der Waals surface area (Å²) >= 11 is 0. The van der Waals surface area contributed by atoms with Crippen LogP contribution in [-0.2, 0) is 12.8 Å². The molecule has 1 N–H and O–H groups in total. The molecule has 4 rings (SSSR count). The van der Waals surface area contributed by atoms with Gasteiger partial charge >= 0.3 is 6.03 Å². The number of carbonyl (C=O) groups is 1. The van der Waals surface area contributed by atoms with E-state index < -0.39 is 0 Å². The van der Waals surface area contributed by atoms with Crippen LogP contribution in [0.3, 0.4) is 0 Å². The first-order valence-electron chi connectivity index (χ1n) is 10.7. The molecule has 3 aliphatic carbocycles. The van der Waals surface area contributed by atoms with E-state index in [-0.39, 0.29) is 12.1 Å². The molecule has 1 aromatic rings. The Morgan fingerprint density at radius 1 is 1.15 bits per heavy atom. The molecule has 0 radical (unpaired) electrons. The van der Waals surface area contributed by atoms with Crippen LogP contribution in [0.25, 0.3) is 0 Å². The summed E-state index contributed by atoms with van der Waals surface area (Å²) in [6.45, 7) is 6.69. The van der Waals surface area contributed by atoms with Crippen molar-refractivity contribution in [2.45, 2.75) is 103 Å². The third-order valence-electron chi connectivity index (χ3n) is 6.56. The molecule has 2 amide bonds. The molecule has 5 heteroatoms. The maximum absolute atomic E-state index is 13.1. The van der Waals surface area contributed by atoms with E-state index in [2.05, 4.69) is 40.8 Å². The van der Waals surface area contributed by atoms with Gasteiger partial charge in [-0.05, 0) is 76.7 Å². The maximum atomic E-state index is 13.1. The predicted octanol–water partition coefficient (Wildman–Crippen LogP) is 4.07. The van der Waals surface area contributed by atoms with E-state index >= 15 is 0 Å². The summed E-state index contributed by atoms with van der Waals surface area (Å²) in [4.78, 5) is 15.4. The number of hydrogen-bond acceptors (Lipinski definition) is 2. The summed E-state index contributed by atoms with van der Waals surface area (Å²) in [7, 11) is 0. The second kappa shape index (κ2) is 7.24. The average Bonchev–Trinajstić information content (AvgIpc) is 3.34. The first kappa shape index (κ1) is 17.9. The number of aromatic nitrogens is 2. The molecule has 2 saturated carbocycles. The van der Waals surface area contributed by atoms with E-state index in [1.165, 1.54) is 49.8 Å².